The topological polar surface area (TPSA) is 15.8 Å². The van der Waals surface area contributed by atoms with Gasteiger partial charge in [-0.2, -0.15) is 0 Å². The van der Waals surface area contributed by atoms with Crippen LogP contribution in [0, 0.1) is 26.2 Å². The third-order valence-electron chi connectivity index (χ3n) is 1.42. The molecule has 0 aromatic carbocycles. The number of nitrogens with one attached hydrogen (secondary N) is 1. The van der Waals surface area contributed by atoms with Crippen LogP contribution in [-0.4, -0.2) is 4.98 Å². The molecule has 1 nitrogen and oxygen atoms in total. The first kappa shape index (κ1) is 5.97. The highest BCUT2D eigenvalue weighted by molar-refractivity contribution is 5.42. The number of rotatable bonds is 0. The van der Waals surface area contributed by atoms with E-state index in [1.807, 2.05) is 20.0 Å². The number of hydrogen-bond donors (Lipinski definition) is 1. The van der Waals surface area contributed by atoms with Gasteiger partial charge in [0.05, 0.1) is 0 Å². The Balaban J connectivity index is 3.27. The third kappa shape index (κ3) is 0.837. The van der Waals surface area contributed by atoms with Gasteiger partial charge in [-0.25, -0.2) is 0 Å². The zero-order valence-electron chi connectivity index (χ0n) is 5.65. The molecule has 0 aliphatic rings. The number of aryl methyl sites for hydroxylation is 2. The van der Waals surface area contributed by atoms with Crippen molar-refractivity contribution in [3.05, 3.63) is 23.0 Å². The summed E-state index contributed by atoms with van der Waals surface area (Å²) < 4.78 is 0. The van der Waals surface area contributed by atoms with Crippen molar-refractivity contribution >= 4 is 0 Å². The molecule has 0 aliphatic carbocycles. The van der Waals surface area contributed by atoms with Gasteiger partial charge in [0.1, 0.15) is 0 Å². The van der Waals surface area contributed by atoms with Gasteiger partial charge in [0.2, 0.25) is 0 Å². The van der Waals surface area contributed by atoms with Gasteiger partial charge < -0.3 is 4.98 Å². The summed E-state index contributed by atoms with van der Waals surface area (Å²) in [6.07, 6.45) is 7.15. The van der Waals surface area contributed by atoms with Crippen molar-refractivity contribution in [2.75, 3.05) is 0 Å². The zero-order chi connectivity index (χ0) is 6.85. The zero-order valence-corrected chi connectivity index (χ0v) is 5.65. The van der Waals surface area contributed by atoms with E-state index in [0.29, 0.717) is 0 Å². The van der Waals surface area contributed by atoms with Gasteiger partial charge in [0.15, 0.2) is 0 Å². The lowest BCUT2D eigenvalue weighted by molar-refractivity contribution is 1.26. The number of aromatic amines is 1. The van der Waals surface area contributed by atoms with Crippen molar-refractivity contribution in [2.45, 2.75) is 13.8 Å². The summed E-state index contributed by atoms with van der Waals surface area (Å²) in [5.74, 6) is 2.61. The van der Waals surface area contributed by atoms with Crippen LogP contribution in [0.15, 0.2) is 6.20 Å². The fourth-order valence-corrected chi connectivity index (χ4v) is 0.879. The summed E-state index contributed by atoms with van der Waals surface area (Å²) in [5, 5.41) is 0. The minimum absolute atomic E-state index is 0.995. The highest BCUT2D eigenvalue weighted by atomic mass is 14.7. The Morgan fingerprint density at radius 2 is 2.22 bits per heavy atom. The van der Waals surface area contributed by atoms with Gasteiger partial charge >= 0.3 is 0 Å². The largest absolute Gasteiger partial charge is 0.364 e. The van der Waals surface area contributed by atoms with Gasteiger partial charge in [-0.1, -0.05) is 5.92 Å². The van der Waals surface area contributed by atoms with Crippen molar-refractivity contribution in [3.63, 3.8) is 0 Å². The molecular formula is C8H9N. The fraction of sp³-hybridized carbons (Fsp3) is 0.250. The molecule has 1 N–H and O–H groups in total. The predicted molar refractivity (Wildman–Crippen MR) is 38.2 cm³/mol. The maximum Gasteiger partial charge on any atom is 0.0476 e. The van der Waals surface area contributed by atoms with Crippen LogP contribution in [0.5, 0.6) is 0 Å². The number of terminal acetylenes is 1. The molecule has 0 amide bonds. The number of H-pyrrole nitrogens is 1. The Kier molecular flexibility index (Phi) is 1.32. The average molecular weight is 119 g/mol. The minimum atomic E-state index is 0.995. The van der Waals surface area contributed by atoms with Gasteiger partial charge in [0, 0.05) is 17.5 Å². The van der Waals surface area contributed by atoms with Gasteiger partial charge in [-0.15, -0.1) is 6.42 Å². The van der Waals surface area contributed by atoms with Crippen LogP contribution in [-0.2, 0) is 0 Å². The lowest BCUT2D eigenvalue weighted by Gasteiger charge is -1.86. The van der Waals surface area contributed by atoms with E-state index in [4.69, 9.17) is 6.42 Å². The fourth-order valence-electron chi connectivity index (χ4n) is 0.879. The quantitative estimate of drug-likeness (QED) is 0.499. The van der Waals surface area contributed by atoms with Crippen molar-refractivity contribution in [3.8, 4) is 12.3 Å². The molecule has 0 atom stereocenters. The monoisotopic (exact) mass is 119 g/mol. The highest BCUT2D eigenvalue weighted by Gasteiger charge is 1.97. The molecule has 0 aliphatic heterocycles. The normalized spacial score (nSPS) is 9.00. The average Bonchev–Trinajstić information content (AvgIpc) is 2.12. The molecule has 0 radical (unpaired) electrons. The first-order valence-corrected chi connectivity index (χ1v) is 2.87. The Bertz CT molecular complexity index is 231. The summed E-state index contributed by atoms with van der Waals surface area (Å²) in [7, 11) is 0. The molecule has 1 heteroatoms. The standard InChI is InChI=1S/C8H9N/c1-4-8-6(2)5-9-7(8)3/h1,5,9H,2-3H3. The molecule has 0 bridgehead atoms. The molecule has 1 aromatic rings. The van der Waals surface area contributed by atoms with Crippen LogP contribution in [0.25, 0.3) is 0 Å². The minimum Gasteiger partial charge on any atom is -0.364 e. The summed E-state index contributed by atoms with van der Waals surface area (Å²) in [4.78, 5) is 3.05. The second-order valence-corrected chi connectivity index (χ2v) is 2.12. The van der Waals surface area contributed by atoms with Gasteiger partial charge in [-0.05, 0) is 19.4 Å². The Hall–Kier alpha value is -1.16. The summed E-state index contributed by atoms with van der Waals surface area (Å²) in [6, 6.07) is 0. The van der Waals surface area contributed by atoms with E-state index in [2.05, 4.69) is 10.9 Å². The van der Waals surface area contributed by atoms with E-state index >= 15 is 0 Å². The van der Waals surface area contributed by atoms with Crippen LogP contribution in [0.1, 0.15) is 16.8 Å². The Morgan fingerprint density at radius 1 is 1.56 bits per heavy atom. The van der Waals surface area contributed by atoms with Crippen LogP contribution in [0.4, 0.5) is 0 Å². The van der Waals surface area contributed by atoms with E-state index in [1.54, 1.807) is 0 Å². The second-order valence-electron chi connectivity index (χ2n) is 2.12. The lowest BCUT2D eigenvalue weighted by atomic mass is 10.2. The second kappa shape index (κ2) is 1.99. The molecule has 9 heavy (non-hydrogen) atoms. The summed E-state index contributed by atoms with van der Waals surface area (Å²) in [5.41, 5.74) is 3.22. The van der Waals surface area contributed by atoms with Crippen molar-refractivity contribution < 1.29 is 0 Å². The highest BCUT2D eigenvalue weighted by Crippen LogP contribution is 2.08. The Labute approximate surface area is 55.1 Å². The van der Waals surface area contributed by atoms with Crippen LogP contribution >= 0.6 is 0 Å². The third-order valence-corrected chi connectivity index (χ3v) is 1.42. The lowest BCUT2D eigenvalue weighted by Crippen LogP contribution is -1.76. The van der Waals surface area contributed by atoms with Crippen molar-refractivity contribution in [2.24, 2.45) is 0 Å². The maximum absolute atomic E-state index is 5.23. The molecule has 0 saturated heterocycles. The van der Waals surface area contributed by atoms with Crippen LogP contribution in [0.2, 0.25) is 0 Å². The molecule has 1 heterocycles. The molecule has 0 spiro atoms. The first-order chi connectivity index (χ1) is 4.25. The van der Waals surface area contributed by atoms with E-state index < -0.39 is 0 Å². The number of aromatic nitrogens is 1. The van der Waals surface area contributed by atoms with E-state index in [-0.39, 0.29) is 0 Å². The number of hydrogen-bond acceptors (Lipinski definition) is 0. The molecular weight excluding hydrogens is 110 g/mol. The van der Waals surface area contributed by atoms with E-state index in [1.165, 1.54) is 0 Å². The molecule has 0 saturated carbocycles. The molecule has 1 aromatic heterocycles. The molecule has 1 rings (SSSR count). The predicted octanol–water partition coefficient (Wildman–Crippen LogP) is 1.61. The molecule has 0 unspecified atom stereocenters. The van der Waals surface area contributed by atoms with Gasteiger partial charge in [-0.3, -0.25) is 0 Å². The smallest absolute Gasteiger partial charge is 0.0476 e. The summed E-state index contributed by atoms with van der Waals surface area (Å²) >= 11 is 0. The summed E-state index contributed by atoms with van der Waals surface area (Å²) in [6.45, 7) is 3.97. The first-order valence-electron chi connectivity index (χ1n) is 2.87. The van der Waals surface area contributed by atoms with E-state index in [9.17, 15) is 0 Å². The van der Waals surface area contributed by atoms with Crippen molar-refractivity contribution in [1.82, 2.24) is 4.98 Å². The van der Waals surface area contributed by atoms with Gasteiger partial charge in [0.25, 0.3) is 0 Å². The Morgan fingerprint density at radius 3 is 2.44 bits per heavy atom. The molecule has 46 valence electrons. The van der Waals surface area contributed by atoms with Crippen LogP contribution in [0.3, 0.4) is 0 Å². The van der Waals surface area contributed by atoms with Crippen molar-refractivity contribution in [1.29, 1.82) is 0 Å². The van der Waals surface area contributed by atoms with Crippen LogP contribution < -0.4 is 0 Å². The SMILES string of the molecule is C#Cc1c(C)c[nH]c1C. The maximum atomic E-state index is 5.23. The molecule has 0 fully saturated rings. The van der Waals surface area contributed by atoms with E-state index in [0.717, 1.165) is 16.8 Å².